The van der Waals surface area contributed by atoms with Crippen molar-refractivity contribution in [3.8, 4) is 0 Å². The minimum Gasteiger partial charge on any atom is -0.384 e. The summed E-state index contributed by atoms with van der Waals surface area (Å²) in [4.78, 5) is 10.3. The van der Waals surface area contributed by atoms with Crippen LogP contribution in [0.5, 0.6) is 0 Å². The van der Waals surface area contributed by atoms with Crippen molar-refractivity contribution >= 4 is 34.0 Å². The Kier molecular flexibility index (Phi) is 5.63. The van der Waals surface area contributed by atoms with E-state index >= 15 is 0 Å². The first-order valence-electron chi connectivity index (χ1n) is 7.24. The Bertz CT molecular complexity index is 479. The molecular weight excluding hydrogens is 367 g/mol. The summed E-state index contributed by atoms with van der Waals surface area (Å²) in [5.41, 5.74) is 1.15. The van der Waals surface area contributed by atoms with E-state index in [0.29, 0.717) is 0 Å². The van der Waals surface area contributed by atoms with Crippen LogP contribution in [0, 0.1) is 25.5 Å². The highest BCUT2D eigenvalue weighted by atomic mass is 127. The number of nitrogens with one attached hydrogen (secondary N) is 1. The van der Waals surface area contributed by atoms with Gasteiger partial charge in [0.1, 0.15) is 0 Å². The number of benzene rings is 1. The third kappa shape index (κ3) is 4.33. The minimum absolute atomic E-state index is 0.154. The maximum atomic E-state index is 10.7. The van der Waals surface area contributed by atoms with Gasteiger partial charge in [0.2, 0.25) is 0 Å². The van der Waals surface area contributed by atoms with Gasteiger partial charge in [-0.3, -0.25) is 10.1 Å². The van der Waals surface area contributed by atoms with Gasteiger partial charge in [-0.25, -0.2) is 0 Å². The first-order valence-corrected chi connectivity index (χ1v) is 8.32. The highest BCUT2D eigenvalue weighted by Crippen LogP contribution is 2.31. The Morgan fingerprint density at radius 1 is 1.45 bits per heavy atom. The molecule has 2 atom stereocenters. The van der Waals surface area contributed by atoms with Gasteiger partial charge in [-0.1, -0.05) is 26.2 Å². The molecule has 0 amide bonds. The Morgan fingerprint density at radius 2 is 2.25 bits per heavy atom. The zero-order valence-corrected chi connectivity index (χ0v) is 13.9. The molecule has 0 saturated heterocycles. The molecule has 110 valence electrons. The first kappa shape index (κ1) is 15.5. The second-order valence-electron chi connectivity index (χ2n) is 5.77. The third-order valence-electron chi connectivity index (χ3n) is 4.08. The van der Waals surface area contributed by atoms with E-state index in [1.165, 1.54) is 32.1 Å². The van der Waals surface area contributed by atoms with Gasteiger partial charge >= 0.3 is 0 Å². The molecule has 0 spiro atoms. The van der Waals surface area contributed by atoms with Crippen molar-refractivity contribution in [3.05, 3.63) is 31.9 Å². The number of halogens is 1. The Morgan fingerprint density at radius 3 is 2.90 bits per heavy atom. The maximum absolute atomic E-state index is 10.7. The Hall–Kier alpha value is -0.850. The molecule has 2 rings (SSSR count). The van der Waals surface area contributed by atoms with Gasteiger partial charge in [0.05, 0.1) is 4.92 Å². The lowest BCUT2D eigenvalue weighted by Crippen LogP contribution is -2.16. The molecule has 2 unspecified atom stereocenters. The van der Waals surface area contributed by atoms with E-state index in [0.717, 1.165) is 27.6 Å². The normalized spacial score (nSPS) is 22.5. The lowest BCUT2D eigenvalue weighted by molar-refractivity contribution is -0.384. The van der Waals surface area contributed by atoms with E-state index in [4.69, 9.17) is 0 Å². The number of nitro benzene ring substituents is 1. The molecule has 20 heavy (non-hydrogen) atoms. The second-order valence-corrected chi connectivity index (χ2v) is 6.94. The number of rotatable bonds is 5. The van der Waals surface area contributed by atoms with Crippen LogP contribution in [0.2, 0.25) is 0 Å². The van der Waals surface area contributed by atoms with Crippen LogP contribution in [0.1, 0.15) is 39.0 Å². The van der Waals surface area contributed by atoms with Gasteiger partial charge in [0, 0.05) is 27.9 Å². The molecule has 0 aromatic heterocycles. The van der Waals surface area contributed by atoms with Crippen LogP contribution >= 0.6 is 22.6 Å². The summed E-state index contributed by atoms with van der Waals surface area (Å²) in [6, 6.07) is 4.99. The van der Waals surface area contributed by atoms with Crippen LogP contribution in [-0.4, -0.2) is 11.5 Å². The van der Waals surface area contributed by atoms with E-state index in [2.05, 4.69) is 34.8 Å². The predicted molar refractivity (Wildman–Crippen MR) is 90.0 cm³/mol. The van der Waals surface area contributed by atoms with Crippen LogP contribution in [0.3, 0.4) is 0 Å². The third-order valence-corrected chi connectivity index (χ3v) is 4.97. The number of anilines is 1. The average molecular weight is 388 g/mol. The van der Waals surface area contributed by atoms with Gasteiger partial charge in [0.15, 0.2) is 0 Å². The number of nitro groups is 1. The van der Waals surface area contributed by atoms with Crippen molar-refractivity contribution in [2.45, 2.75) is 39.0 Å². The molecule has 1 aliphatic rings. The molecule has 1 saturated carbocycles. The lowest BCUT2D eigenvalue weighted by Gasteiger charge is -2.26. The zero-order chi connectivity index (χ0) is 14.5. The van der Waals surface area contributed by atoms with Crippen molar-refractivity contribution in [1.82, 2.24) is 0 Å². The molecule has 0 aliphatic heterocycles. The number of hydrogen-bond donors (Lipinski definition) is 1. The topological polar surface area (TPSA) is 55.2 Å². The highest BCUT2D eigenvalue weighted by molar-refractivity contribution is 14.1. The number of non-ortho nitro benzene ring substituents is 1. The molecule has 1 N–H and O–H groups in total. The molecule has 1 fully saturated rings. The van der Waals surface area contributed by atoms with Gasteiger partial charge in [0.25, 0.3) is 5.69 Å². The zero-order valence-electron chi connectivity index (χ0n) is 11.8. The van der Waals surface area contributed by atoms with E-state index < -0.39 is 0 Å². The van der Waals surface area contributed by atoms with Gasteiger partial charge < -0.3 is 5.32 Å². The highest BCUT2D eigenvalue weighted by Gasteiger charge is 2.18. The van der Waals surface area contributed by atoms with Crippen LogP contribution in [-0.2, 0) is 0 Å². The van der Waals surface area contributed by atoms with Crippen LogP contribution in [0.15, 0.2) is 18.2 Å². The van der Waals surface area contributed by atoms with Gasteiger partial charge in [-0.15, -0.1) is 0 Å². The fourth-order valence-corrected chi connectivity index (χ4v) is 3.68. The van der Waals surface area contributed by atoms with Crippen molar-refractivity contribution in [2.75, 3.05) is 11.9 Å². The minimum atomic E-state index is -0.352. The largest absolute Gasteiger partial charge is 0.384 e. The molecule has 1 aromatic carbocycles. The molecule has 0 radical (unpaired) electrons. The summed E-state index contributed by atoms with van der Waals surface area (Å²) < 4.78 is 0.911. The summed E-state index contributed by atoms with van der Waals surface area (Å²) in [6.45, 7) is 3.30. The number of nitrogens with zero attached hydrogens (tertiary/aromatic N) is 1. The average Bonchev–Trinajstić information content (AvgIpc) is 2.40. The van der Waals surface area contributed by atoms with Gasteiger partial charge in [-0.05, 0) is 53.3 Å². The van der Waals surface area contributed by atoms with Crippen LogP contribution in [0.25, 0.3) is 0 Å². The second kappa shape index (κ2) is 7.24. The van der Waals surface area contributed by atoms with Crippen LogP contribution < -0.4 is 5.32 Å². The van der Waals surface area contributed by atoms with Gasteiger partial charge in [-0.2, -0.15) is 0 Å². The predicted octanol–water partition coefficient (Wildman–Crippen LogP) is 4.83. The Labute approximate surface area is 133 Å². The summed E-state index contributed by atoms with van der Waals surface area (Å²) in [5, 5.41) is 14.1. The van der Waals surface area contributed by atoms with Crippen molar-refractivity contribution in [3.63, 3.8) is 0 Å². The quantitative estimate of drug-likeness (QED) is 0.447. The SMILES string of the molecule is CC1CCCC(CCNc2ccc([N+](=O)[O-])cc2I)C1. The summed E-state index contributed by atoms with van der Waals surface area (Å²) >= 11 is 2.15. The molecule has 0 heterocycles. The molecule has 5 heteroatoms. The van der Waals surface area contributed by atoms with E-state index in [-0.39, 0.29) is 10.6 Å². The fourth-order valence-electron chi connectivity index (χ4n) is 2.99. The first-order chi connectivity index (χ1) is 9.56. The number of hydrogen-bond acceptors (Lipinski definition) is 3. The summed E-state index contributed by atoms with van der Waals surface area (Å²) in [6.07, 6.45) is 6.63. The summed E-state index contributed by atoms with van der Waals surface area (Å²) in [5.74, 6) is 1.70. The fraction of sp³-hybridized carbons (Fsp3) is 0.600. The van der Waals surface area contributed by atoms with Crippen LogP contribution in [0.4, 0.5) is 11.4 Å². The van der Waals surface area contributed by atoms with E-state index in [1.54, 1.807) is 12.1 Å². The Balaban J connectivity index is 1.83. The van der Waals surface area contributed by atoms with E-state index in [9.17, 15) is 10.1 Å². The van der Waals surface area contributed by atoms with Crippen molar-refractivity contribution in [2.24, 2.45) is 11.8 Å². The lowest BCUT2D eigenvalue weighted by atomic mass is 9.81. The molecule has 1 aliphatic carbocycles. The standard InChI is InChI=1S/C15H21IN2O2/c1-11-3-2-4-12(9-11)7-8-17-15-6-5-13(18(19)20)10-14(15)16/h5-6,10-12,17H,2-4,7-9H2,1H3. The van der Waals surface area contributed by atoms with Crippen molar-refractivity contribution in [1.29, 1.82) is 0 Å². The molecule has 0 bridgehead atoms. The molecular formula is C15H21IN2O2. The molecule has 4 nitrogen and oxygen atoms in total. The maximum Gasteiger partial charge on any atom is 0.270 e. The van der Waals surface area contributed by atoms with Crippen molar-refractivity contribution < 1.29 is 4.92 Å². The summed E-state index contributed by atoms with van der Waals surface area (Å²) in [7, 11) is 0. The van der Waals surface area contributed by atoms with E-state index in [1.807, 2.05) is 6.07 Å². The smallest absolute Gasteiger partial charge is 0.270 e. The monoisotopic (exact) mass is 388 g/mol. The molecule has 1 aromatic rings.